The lowest BCUT2D eigenvalue weighted by atomic mass is 10.2. The fraction of sp³-hybridized carbons (Fsp3) is 0.429. The van der Waals surface area contributed by atoms with Gasteiger partial charge in [-0.05, 0) is 25.1 Å². The predicted molar refractivity (Wildman–Crippen MR) is 75.9 cm³/mol. The van der Waals surface area contributed by atoms with E-state index in [-0.39, 0.29) is 35.0 Å². The number of hydrogen-bond acceptors (Lipinski definition) is 4. The maximum Gasteiger partial charge on any atom is 0.335 e. The molecule has 1 heterocycles. The van der Waals surface area contributed by atoms with Crippen LogP contribution in [0.4, 0.5) is 0 Å². The van der Waals surface area contributed by atoms with Gasteiger partial charge in [-0.1, -0.05) is 11.6 Å². The van der Waals surface area contributed by atoms with E-state index in [1.165, 1.54) is 18.2 Å². The molecule has 2 rings (SSSR count). The van der Waals surface area contributed by atoms with Crippen LogP contribution in [0.5, 0.6) is 5.75 Å². The number of carbonyl (C=O) groups is 2. The van der Waals surface area contributed by atoms with Crippen LogP contribution in [0.3, 0.4) is 0 Å². The Morgan fingerprint density at radius 3 is 2.90 bits per heavy atom. The van der Waals surface area contributed by atoms with Crippen LogP contribution in [0.15, 0.2) is 18.2 Å². The van der Waals surface area contributed by atoms with E-state index in [0.717, 1.165) is 0 Å². The van der Waals surface area contributed by atoms with E-state index < -0.39 is 5.97 Å². The van der Waals surface area contributed by atoms with Crippen molar-refractivity contribution in [3.8, 4) is 5.75 Å². The molecule has 1 amide bonds. The lowest BCUT2D eigenvalue weighted by Crippen LogP contribution is -2.46. The van der Waals surface area contributed by atoms with Gasteiger partial charge in [0.2, 0.25) is 0 Å². The van der Waals surface area contributed by atoms with Crippen LogP contribution in [-0.4, -0.2) is 54.3 Å². The fourth-order valence-electron chi connectivity index (χ4n) is 2.03. The topological polar surface area (TPSA) is 76.1 Å². The van der Waals surface area contributed by atoms with Crippen molar-refractivity contribution in [2.24, 2.45) is 0 Å². The van der Waals surface area contributed by atoms with E-state index in [9.17, 15) is 9.59 Å². The molecular weight excluding hydrogens is 298 g/mol. The maximum atomic E-state index is 12.0. The van der Waals surface area contributed by atoms with E-state index >= 15 is 0 Å². The molecular formula is C14H16ClNO5. The van der Waals surface area contributed by atoms with Crippen molar-refractivity contribution in [2.45, 2.75) is 13.0 Å². The Morgan fingerprint density at radius 2 is 2.29 bits per heavy atom. The summed E-state index contributed by atoms with van der Waals surface area (Å²) in [5.41, 5.74) is 0.0701. The summed E-state index contributed by atoms with van der Waals surface area (Å²) in [5.74, 6) is -0.929. The molecule has 1 saturated heterocycles. The molecule has 0 saturated carbocycles. The second-order valence-electron chi connectivity index (χ2n) is 4.76. The normalized spacial score (nSPS) is 18.4. The molecule has 1 aliphatic rings. The number of rotatable bonds is 4. The molecule has 1 N–H and O–H groups in total. The molecule has 0 aliphatic carbocycles. The number of nitrogens with zero attached hydrogens (tertiary/aromatic N) is 1. The van der Waals surface area contributed by atoms with E-state index in [4.69, 9.17) is 26.2 Å². The molecule has 7 heteroatoms. The van der Waals surface area contributed by atoms with Gasteiger partial charge in [0.05, 0.1) is 23.3 Å². The van der Waals surface area contributed by atoms with Gasteiger partial charge in [0, 0.05) is 13.1 Å². The highest BCUT2D eigenvalue weighted by molar-refractivity contribution is 6.32. The number of morpholine rings is 1. The minimum Gasteiger partial charge on any atom is -0.482 e. The first kappa shape index (κ1) is 15.6. The number of aromatic carboxylic acids is 1. The Morgan fingerprint density at radius 1 is 1.52 bits per heavy atom. The van der Waals surface area contributed by atoms with Crippen LogP contribution in [-0.2, 0) is 9.53 Å². The van der Waals surface area contributed by atoms with Crippen molar-refractivity contribution in [1.29, 1.82) is 0 Å². The maximum absolute atomic E-state index is 12.0. The molecule has 0 radical (unpaired) electrons. The number of ether oxygens (including phenoxy) is 2. The fourth-order valence-corrected chi connectivity index (χ4v) is 2.26. The number of carboxylic acids is 1. The smallest absolute Gasteiger partial charge is 0.335 e. The van der Waals surface area contributed by atoms with E-state index in [2.05, 4.69) is 0 Å². The first-order valence-electron chi connectivity index (χ1n) is 6.52. The molecule has 1 unspecified atom stereocenters. The Bertz CT molecular complexity index is 548. The molecule has 0 bridgehead atoms. The summed E-state index contributed by atoms with van der Waals surface area (Å²) >= 11 is 5.93. The van der Waals surface area contributed by atoms with Gasteiger partial charge in [0.1, 0.15) is 5.75 Å². The molecule has 1 aliphatic heterocycles. The summed E-state index contributed by atoms with van der Waals surface area (Å²) in [4.78, 5) is 24.5. The molecule has 0 aromatic heterocycles. The Hall–Kier alpha value is -1.79. The quantitative estimate of drug-likeness (QED) is 0.915. The zero-order chi connectivity index (χ0) is 15.4. The predicted octanol–water partition coefficient (Wildman–Crippen LogP) is 1.66. The van der Waals surface area contributed by atoms with Gasteiger partial charge in [-0.2, -0.15) is 0 Å². The van der Waals surface area contributed by atoms with Gasteiger partial charge in [-0.15, -0.1) is 0 Å². The minimum atomic E-state index is -1.07. The highest BCUT2D eigenvalue weighted by Gasteiger charge is 2.21. The van der Waals surface area contributed by atoms with E-state index in [1.807, 2.05) is 6.92 Å². The molecule has 1 aromatic rings. The van der Waals surface area contributed by atoms with Crippen molar-refractivity contribution in [1.82, 2.24) is 4.90 Å². The molecule has 1 atom stereocenters. The Balaban J connectivity index is 1.93. The number of benzene rings is 1. The lowest BCUT2D eigenvalue weighted by Gasteiger charge is -2.31. The summed E-state index contributed by atoms with van der Waals surface area (Å²) in [7, 11) is 0. The van der Waals surface area contributed by atoms with Crippen LogP contribution in [0.1, 0.15) is 17.3 Å². The third-order valence-corrected chi connectivity index (χ3v) is 3.42. The van der Waals surface area contributed by atoms with Crippen LogP contribution in [0, 0.1) is 0 Å². The van der Waals surface area contributed by atoms with E-state index in [1.54, 1.807) is 4.90 Å². The molecule has 1 aromatic carbocycles. The highest BCUT2D eigenvalue weighted by Crippen LogP contribution is 2.25. The largest absolute Gasteiger partial charge is 0.482 e. The summed E-state index contributed by atoms with van der Waals surface area (Å²) in [6.07, 6.45) is 0.0149. The van der Waals surface area contributed by atoms with Gasteiger partial charge in [0.15, 0.2) is 6.61 Å². The van der Waals surface area contributed by atoms with Crippen molar-refractivity contribution < 1.29 is 24.2 Å². The van der Waals surface area contributed by atoms with Crippen molar-refractivity contribution in [3.05, 3.63) is 28.8 Å². The standard InChI is InChI=1S/C14H16ClNO5/c1-9-7-16(4-5-20-9)13(17)8-21-12-3-2-10(14(18)19)6-11(12)15/h2-3,6,9H,4-5,7-8H2,1H3,(H,18,19). The monoisotopic (exact) mass is 313 g/mol. The third-order valence-electron chi connectivity index (χ3n) is 3.12. The van der Waals surface area contributed by atoms with Crippen LogP contribution in [0.2, 0.25) is 5.02 Å². The van der Waals surface area contributed by atoms with Crippen LogP contribution in [0.25, 0.3) is 0 Å². The second-order valence-corrected chi connectivity index (χ2v) is 5.17. The Labute approximate surface area is 127 Å². The Kier molecular flexibility index (Phi) is 5.03. The summed E-state index contributed by atoms with van der Waals surface area (Å²) < 4.78 is 10.7. The van der Waals surface area contributed by atoms with Crippen molar-refractivity contribution in [3.63, 3.8) is 0 Å². The highest BCUT2D eigenvalue weighted by atomic mass is 35.5. The molecule has 114 valence electrons. The number of amides is 1. The van der Waals surface area contributed by atoms with Gasteiger partial charge >= 0.3 is 5.97 Å². The summed E-state index contributed by atoms with van der Waals surface area (Å²) in [6, 6.07) is 4.12. The summed E-state index contributed by atoms with van der Waals surface area (Å²) in [5, 5.41) is 9.01. The van der Waals surface area contributed by atoms with Crippen molar-refractivity contribution >= 4 is 23.5 Å². The second kappa shape index (κ2) is 6.78. The first-order chi connectivity index (χ1) is 9.97. The zero-order valence-corrected chi connectivity index (χ0v) is 12.3. The van der Waals surface area contributed by atoms with Crippen LogP contribution >= 0.6 is 11.6 Å². The zero-order valence-electron chi connectivity index (χ0n) is 11.5. The molecule has 21 heavy (non-hydrogen) atoms. The number of halogens is 1. The average Bonchev–Trinajstić information content (AvgIpc) is 2.45. The lowest BCUT2D eigenvalue weighted by molar-refractivity contribution is -0.140. The number of carbonyl (C=O) groups excluding carboxylic acids is 1. The molecule has 1 fully saturated rings. The summed E-state index contributed by atoms with van der Waals surface area (Å²) in [6.45, 7) is 3.35. The van der Waals surface area contributed by atoms with Gasteiger partial charge in [-0.3, -0.25) is 4.79 Å². The molecule has 6 nitrogen and oxygen atoms in total. The van der Waals surface area contributed by atoms with Gasteiger partial charge in [0.25, 0.3) is 5.91 Å². The average molecular weight is 314 g/mol. The minimum absolute atomic E-state index is 0.0149. The van der Waals surface area contributed by atoms with Crippen LogP contribution < -0.4 is 4.74 Å². The number of carboxylic acid groups (broad SMARTS) is 1. The third kappa shape index (κ3) is 4.09. The molecule has 0 spiro atoms. The number of hydrogen-bond donors (Lipinski definition) is 1. The first-order valence-corrected chi connectivity index (χ1v) is 6.90. The SMILES string of the molecule is CC1CN(C(=O)COc2ccc(C(=O)O)cc2Cl)CCO1. The van der Waals surface area contributed by atoms with E-state index in [0.29, 0.717) is 19.7 Å². The van der Waals surface area contributed by atoms with Gasteiger partial charge in [-0.25, -0.2) is 4.79 Å². The van der Waals surface area contributed by atoms with Crippen molar-refractivity contribution in [2.75, 3.05) is 26.3 Å². The van der Waals surface area contributed by atoms with Gasteiger partial charge < -0.3 is 19.5 Å².